The van der Waals surface area contributed by atoms with Gasteiger partial charge < -0.3 is 0 Å². The van der Waals surface area contributed by atoms with Gasteiger partial charge in [0.25, 0.3) is 0 Å². The zero-order chi connectivity index (χ0) is 27.3. The normalized spacial score (nSPS) is 12.6. The summed E-state index contributed by atoms with van der Waals surface area (Å²) in [5, 5.41) is 0. The molecule has 3 aromatic carbocycles. The van der Waals surface area contributed by atoms with E-state index in [-0.39, 0.29) is 0 Å². The Hall–Kier alpha value is -2.34. The molecule has 0 bridgehead atoms. The van der Waals surface area contributed by atoms with E-state index < -0.39 is 0 Å². The van der Waals surface area contributed by atoms with Crippen molar-refractivity contribution in [3.05, 3.63) is 104 Å². The fourth-order valence-corrected chi connectivity index (χ4v) is 5.93. The lowest BCUT2D eigenvalue weighted by atomic mass is 9.86. The van der Waals surface area contributed by atoms with Gasteiger partial charge in [0.1, 0.15) is 0 Å². The van der Waals surface area contributed by atoms with Crippen molar-refractivity contribution in [2.24, 2.45) is 0 Å². The maximum atomic E-state index is 2.49. The van der Waals surface area contributed by atoms with Crippen molar-refractivity contribution in [2.45, 2.75) is 131 Å². The zero-order valence-electron chi connectivity index (χ0n) is 25.5. The van der Waals surface area contributed by atoms with Crippen molar-refractivity contribution < 1.29 is 0 Å². The number of fused-ring (bicyclic) bond motifs is 2. The van der Waals surface area contributed by atoms with Gasteiger partial charge >= 0.3 is 0 Å². The van der Waals surface area contributed by atoms with Crippen LogP contribution in [0, 0.1) is 13.8 Å². The molecule has 0 fully saturated rings. The molecule has 0 unspecified atom stereocenters. The molecule has 2 aliphatic rings. The summed E-state index contributed by atoms with van der Waals surface area (Å²) in [7, 11) is 0. The van der Waals surface area contributed by atoms with Gasteiger partial charge in [0.05, 0.1) is 0 Å². The van der Waals surface area contributed by atoms with E-state index in [1.165, 1.54) is 101 Å². The van der Waals surface area contributed by atoms with E-state index in [1.54, 1.807) is 44.5 Å². The Morgan fingerprint density at radius 1 is 0.421 bits per heavy atom. The minimum Gasteiger partial charge on any atom is -0.0683 e. The lowest BCUT2D eigenvalue weighted by Crippen LogP contribution is -2.08. The number of unbranched alkanes of at least 4 members (excludes halogenated alkanes) is 4. The summed E-state index contributed by atoms with van der Waals surface area (Å²) >= 11 is 0. The molecule has 0 saturated carbocycles. The second-order valence-electron chi connectivity index (χ2n) is 11.0. The Labute approximate surface area is 235 Å². The SMILES string of the molecule is CC.CC.Cc1cc(CCCCCc2ccc3c(c2)CC3)c(C)cc1CCCCCc1ccc2c(c1)CC2. The van der Waals surface area contributed by atoms with Crippen LogP contribution in [0.2, 0.25) is 0 Å². The fraction of sp³-hybridized carbons (Fsp3) is 0.526. The summed E-state index contributed by atoms with van der Waals surface area (Å²) in [6, 6.07) is 19.3. The van der Waals surface area contributed by atoms with Gasteiger partial charge in [-0.1, -0.05) is 89.1 Å². The highest BCUT2D eigenvalue weighted by atomic mass is 14.2. The first-order chi connectivity index (χ1) is 18.7. The van der Waals surface area contributed by atoms with E-state index >= 15 is 0 Å². The Morgan fingerprint density at radius 2 is 0.789 bits per heavy atom. The Morgan fingerprint density at radius 3 is 1.13 bits per heavy atom. The first-order valence-corrected chi connectivity index (χ1v) is 16.0. The van der Waals surface area contributed by atoms with Gasteiger partial charge in [-0.2, -0.15) is 0 Å². The summed E-state index contributed by atoms with van der Waals surface area (Å²) < 4.78 is 0. The zero-order valence-corrected chi connectivity index (χ0v) is 25.5. The summed E-state index contributed by atoms with van der Waals surface area (Å²) in [5.74, 6) is 0. The van der Waals surface area contributed by atoms with Crippen molar-refractivity contribution in [1.82, 2.24) is 0 Å². The van der Waals surface area contributed by atoms with E-state index in [4.69, 9.17) is 0 Å². The third-order valence-corrected chi connectivity index (χ3v) is 8.49. The van der Waals surface area contributed by atoms with Gasteiger partial charge in [0.15, 0.2) is 0 Å². The predicted octanol–water partition coefficient (Wildman–Crippen LogP) is 10.5. The van der Waals surface area contributed by atoms with Crippen molar-refractivity contribution >= 4 is 0 Å². The van der Waals surface area contributed by atoms with Crippen LogP contribution in [0.3, 0.4) is 0 Å². The van der Waals surface area contributed by atoms with E-state index in [9.17, 15) is 0 Å². The van der Waals surface area contributed by atoms with Gasteiger partial charge in [-0.15, -0.1) is 0 Å². The summed E-state index contributed by atoms with van der Waals surface area (Å²) in [6.07, 6.45) is 18.1. The average Bonchev–Trinajstić information content (AvgIpc) is 2.91. The van der Waals surface area contributed by atoms with Gasteiger partial charge in [-0.25, -0.2) is 0 Å². The molecule has 0 heteroatoms. The fourth-order valence-electron chi connectivity index (χ4n) is 5.93. The molecule has 0 nitrogen and oxygen atoms in total. The molecule has 0 spiro atoms. The van der Waals surface area contributed by atoms with Crippen LogP contribution >= 0.6 is 0 Å². The average molecular weight is 511 g/mol. The Balaban J connectivity index is 0.000000956. The molecule has 0 heterocycles. The molecule has 0 aliphatic heterocycles. The number of benzene rings is 3. The van der Waals surface area contributed by atoms with Crippen LogP contribution in [-0.2, 0) is 51.4 Å². The highest BCUT2D eigenvalue weighted by Crippen LogP contribution is 2.26. The van der Waals surface area contributed by atoms with Crippen molar-refractivity contribution in [2.75, 3.05) is 0 Å². The Bertz CT molecular complexity index is 1040. The number of rotatable bonds is 12. The van der Waals surface area contributed by atoms with Crippen LogP contribution < -0.4 is 0 Å². The third kappa shape index (κ3) is 8.33. The van der Waals surface area contributed by atoms with Gasteiger partial charge in [-0.3, -0.25) is 0 Å². The molecule has 0 aromatic heterocycles. The molecule has 3 aromatic rings. The van der Waals surface area contributed by atoms with Gasteiger partial charge in [0.2, 0.25) is 0 Å². The summed E-state index contributed by atoms with van der Waals surface area (Å²) in [5.41, 5.74) is 15.6. The van der Waals surface area contributed by atoms with Gasteiger partial charge in [-0.05, 0) is 147 Å². The Kier molecular flexibility index (Phi) is 12.7. The topological polar surface area (TPSA) is 0 Å². The standard InChI is InChI=1S/C34H42.2C2H6/c1-25-21-32(12-8-4-6-10-28-14-16-30-18-20-34(30)24-28)26(2)22-31(25)11-7-3-5-9-27-13-15-29-17-19-33(29)23-27;2*1-2/h13-16,21-24H,3-12,17-20H2,1-2H3;2*1-2H3. The number of hydrogen-bond acceptors (Lipinski definition) is 0. The molecule has 0 amide bonds. The van der Waals surface area contributed by atoms with Crippen LogP contribution in [-0.4, -0.2) is 0 Å². The minimum absolute atomic E-state index is 1.23. The molecule has 5 rings (SSSR count). The predicted molar refractivity (Wildman–Crippen MR) is 169 cm³/mol. The van der Waals surface area contributed by atoms with E-state index in [0.29, 0.717) is 0 Å². The van der Waals surface area contributed by atoms with E-state index in [0.717, 1.165) is 0 Å². The second-order valence-corrected chi connectivity index (χ2v) is 11.0. The molecule has 206 valence electrons. The third-order valence-electron chi connectivity index (χ3n) is 8.49. The molecule has 0 radical (unpaired) electrons. The van der Waals surface area contributed by atoms with Crippen LogP contribution in [0.5, 0.6) is 0 Å². The summed E-state index contributed by atoms with van der Waals surface area (Å²) in [6.45, 7) is 12.6. The lowest BCUT2D eigenvalue weighted by molar-refractivity contribution is 0.670. The van der Waals surface area contributed by atoms with Crippen molar-refractivity contribution in [3.8, 4) is 0 Å². The second kappa shape index (κ2) is 15.9. The molecular weight excluding hydrogens is 456 g/mol. The van der Waals surface area contributed by atoms with Crippen LogP contribution in [0.25, 0.3) is 0 Å². The summed E-state index contributed by atoms with van der Waals surface area (Å²) in [4.78, 5) is 0. The molecule has 0 saturated heterocycles. The number of hydrogen-bond donors (Lipinski definition) is 0. The van der Waals surface area contributed by atoms with Crippen molar-refractivity contribution in [1.29, 1.82) is 0 Å². The first kappa shape index (κ1) is 30.2. The molecule has 38 heavy (non-hydrogen) atoms. The minimum atomic E-state index is 1.23. The highest BCUT2D eigenvalue weighted by molar-refractivity contribution is 5.40. The van der Waals surface area contributed by atoms with E-state index in [2.05, 4.69) is 62.4 Å². The lowest BCUT2D eigenvalue weighted by Gasteiger charge is -2.19. The quantitative estimate of drug-likeness (QED) is 0.213. The largest absolute Gasteiger partial charge is 0.0683 e. The number of aryl methyl sites for hydroxylation is 10. The van der Waals surface area contributed by atoms with Crippen LogP contribution in [0.4, 0.5) is 0 Å². The molecule has 0 atom stereocenters. The van der Waals surface area contributed by atoms with Crippen LogP contribution in [0.15, 0.2) is 48.5 Å². The molecule has 2 aliphatic carbocycles. The molecule has 0 N–H and O–H groups in total. The molecular formula is C38H54. The van der Waals surface area contributed by atoms with Gasteiger partial charge in [0, 0.05) is 0 Å². The maximum Gasteiger partial charge on any atom is -0.0235 e. The van der Waals surface area contributed by atoms with E-state index in [1.807, 2.05) is 27.7 Å². The highest BCUT2D eigenvalue weighted by Gasteiger charge is 2.13. The first-order valence-electron chi connectivity index (χ1n) is 16.0. The van der Waals surface area contributed by atoms with Crippen molar-refractivity contribution in [3.63, 3.8) is 0 Å². The monoisotopic (exact) mass is 510 g/mol. The smallest absolute Gasteiger partial charge is 0.0235 e. The maximum absolute atomic E-state index is 2.49. The van der Waals surface area contributed by atoms with Crippen LogP contribution in [0.1, 0.15) is 122 Å².